The molecule has 0 saturated carbocycles. The Morgan fingerprint density at radius 2 is 2.07 bits per heavy atom. The summed E-state index contributed by atoms with van der Waals surface area (Å²) in [5.74, 6) is 0.0923. The molecule has 0 rings (SSSR count). The monoisotopic (exact) mass is 215 g/mol. The van der Waals surface area contributed by atoms with Crippen molar-refractivity contribution in [3.63, 3.8) is 0 Å². The molecule has 90 valence electrons. The minimum atomic E-state index is 0.0923. The lowest BCUT2D eigenvalue weighted by molar-refractivity contribution is -0.120. The van der Waals surface area contributed by atoms with Crippen LogP contribution in [0.5, 0.6) is 0 Å². The van der Waals surface area contributed by atoms with Gasteiger partial charge in [-0.05, 0) is 27.4 Å². The predicted octanol–water partition coefficient (Wildman–Crippen LogP) is 0.442. The van der Waals surface area contributed by atoms with Crippen molar-refractivity contribution in [2.24, 2.45) is 0 Å². The van der Waals surface area contributed by atoms with Gasteiger partial charge in [0.1, 0.15) is 0 Å². The minimum absolute atomic E-state index is 0.0923. The fraction of sp³-hybridized carbons (Fsp3) is 0.909. The zero-order valence-electron chi connectivity index (χ0n) is 10.5. The summed E-state index contributed by atoms with van der Waals surface area (Å²) >= 11 is 0. The maximum Gasteiger partial charge on any atom is 0.234 e. The Balaban J connectivity index is 3.40. The fourth-order valence-electron chi connectivity index (χ4n) is 1.34. The van der Waals surface area contributed by atoms with Gasteiger partial charge in [-0.3, -0.25) is 4.79 Å². The first-order chi connectivity index (χ1) is 7.06. The molecule has 0 aromatic carbocycles. The van der Waals surface area contributed by atoms with Gasteiger partial charge < -0.3 is 15.5 Å². The quantitative estimate of drug-likeness (QED) is 0.578. The highest BCUT2D eigenvalue weighted by Gasteiger charge is 2.05. The number of nitrogens with one attached hydrogen (secondary N) is 2. The van der Waals surface area contributed by atoms with Gasteiger partial charge in [-0.2, -0.15) is 0 Å². The SMILES string of the molecule is CCCC(C)NC(=O)CNCCN(C)C. The fourth-order valence-corrected chi connectivity index (χ4v) is 1.34. The maximum atomic E-state index is 11.4. The van der Waals surface area contributed by atoms with Crippen molar-refractivity contribution < 1.29 is 4.79 Å². The second kappa shape index (κ2) is 8.68. The molecular weight excluding hydrogens is 190 g/mol. The standard InChI is InChI=1S/C11H25N3O/c1-5-6-10(2)13-11(15)9-12-7-8-14(3)4/h10,12H,5-9H2,1-4H3,(H,13,15). The molecule has 0 aromatic heterocycles. The number of likely N-dealkylation sites (N-methyl/N-ethyl adjacent to an activating group) is 1. The predicted molar refractivity (Wildman–Crippen MR) is 63.9 cm³/mol. The van der Waals surface area contributed by atoms with E-state index < -0.39 is 0 Å². The summed E-state index contributed by atoms with van der Waals surface area (Å²) in [6, 6.07) is 0.290. The van der Waals surface area contributed by atoms with Crippen LogP contribution in [0, 0.1) is 0 Å². The third-order valence-corrected chi connectivity index (χ3v) is 2.15. The van der Waals surface area contributed by atoms with E-state index in [0.717, 1.165) is 25.9 Å². The molecule has 0 aliphatic rings. The van der Waals surface area contributed by atoms with Crippen LogP contribution in [0.2, 0.25) is 0 Å². The van der Waals surface area contributed by atoms with Crippen LogP contribution in [-0.2, 0) is 4.79 Å². The Labute approximate surface area is 93.4 Å². The Hall–Kier alpha value is -0.610. The average Bonchev–Trinajstić information content (AvgIpc) is 2.12. The van der Waals surface area contributed by atoms with Crippen molar-refractivity contribution in [3.05, 3.63) is 0 Å². The molecular formula is C11H25N3O. The van der Waals surface area contributed by atoms with E-state index in [4.69, 9.17) is 0 Å². The summed E-state index contributed by atoms with van der Waals surface area (Å²) in [5.41, 5.74) is 0. The molecule has 0 heterocycles. The first-order valence-electron chi connectivity index (χ1n) is 5.71. The van der Waals surface area contributed by atoms with E-state index in [1.807, 2.05) is 21.0 Å². The summed E-state index contributed by atoms with van der Waals surface area (Å²) in [6.07, 6.45) is 2.15. The summed E-state index contributed by atoms with van der Waals surface area (Å²) in [6.45, 7) is 6.39. The first-order valence-corrected chi connectivity index (χ1v) is 5.71. The van der Waals surface area contributed by atoms with Crippen LogP contribution in [0.1, 0.15) is 26.7 Å². The van der Waals surface area contributed by atoms with Crippen LogP contribution in [0.15, 0.2) is 0 Å². The van der Waals surface area contributed by atoms with Gasteiger partial charge in [0.15, 0.2) is 0 Å². The number of carbonyl (C=O) groups excluding carboxylic acids is 1. The summed E-state index contributed by atoms with van der Waals surface area (Å²) in [4.78, 5) is 13.5. The zero-order valence-corrected chi connectivity index (χ0v) is 10.5. The van der Waals surface area contributed by atoms with Crippen LogP contribution in [0.25, 0.3) is 0 Å². The highest BCUT2D eigenvalue weighted by Crippen LogP contribution is 1.93. The number of nitrogens with zero attached hydrogens (tertiary/aromatic N) is 1. The van der Waals surface area contributed by atoms with Crippen LogP contribution >= 0.6 is 0 Å². The molecule has 2 N–H and O–H groups in total. The van der Waals surface area contributed by atoms with E-state index in [9.17, 15) is 4.79 Å². The summed E-state index contributed by atoms with van der Waals surface area (Å²) < 4.78 is 0. The minimum Gasteiger partial charge on any atom is -0.353 e. The van der Waals surface area contributed by atoms with Crippen LogP contribution < -0.4 is 10.6 Å². The second-order valence-corrected chi connectivity index (χ2v) is 4.24. The number of hydrogen-bond donors (Lipinski definition) is 2. The second-order valence-electron chi connectivity index (χ2n) is 4.24. The Kier molecular flexibility index (Phi) is 8.33. The van der Waals surface area contributed by atoms with Crippen molar-refractivity contribution in [1.82, 2.24) is 15.5 Å². The third-order valence-electron chi connectivity index (χ3n) is 2.15. The zero-order chi connectivity index (χ0) is 11.7. The molecule has 0 aliphatic heterocycles. The van der Waals surface area contributed by atoms with E-state index in [2.05, 4.69) is 22.5 Å². The summed E-state index contributed by atoms with van der Waals surface area (Å²) in [5, 5.41) is 6.06. The van der Waals surface area contributed by atoms with E-state index in [-0.39, 0.29) is 11.9 Å². The molecule has 0 fully saturated rings. The number of amides is 1. The van der Waals surface area contributed by atoms with Gasteiger partial charge in [0.25, 0.3) is 0 Å². The lowest BCUT2D eigenvalue weighted by Gasteiger charge is -2.14. The normalized spacial score (nSPS) is 12.9. The summed E-state index contributed by atoms with van der Waals surface area (Å²) in [7, 11) is 4.04. The smallest absolute Gasteiger partial charge is 0.234 e. The van der Waals surface area contributed by atoms with E-state index in [1.165, 1.54) is 0 Å². The van der Waals surface area contributed by atoms with Crippen LogP contribution in [0.4, 0.5) is 0 Å². The van der Waals surface area contributed by atoms with Crippen LogP contribution in [-0.4, -0.2) is 50.6 Å². The molecule has 1 atom stereocenters. The van der Waals surface area contributed by atoms with Crippen molar-refractivity contribution in [2.75, 3.05) is 33.7 Å². The van der Waals surface area contributed by atoms with Gasteiger partial charge in [0, 0.05) is 19.1 Å². The van der Waals surface area contributed by atoms with Crippen molar-refractivity contribution in [2.45, 2.75) is 32.7 Å². The van der Waals surface area contributed by atoms with Gasteiger partial charge in [-0.15, -0.1) is 0 Å². The van der Waals surface area contributed by atoms with E-state index >= 15 is 0 Å². The number of hydrogen-bond acceptors (Lipinski definition) is 3. The van der Waals surface area contributed by atoms with Gasteiger partial charge in [0.2, 0.25) is 5.91 Å². The molecule has 1 unspecified atom stereocenters. The van der Waals surface area contributed by atoms with Gasteiger partial charge >= 0.3 is 0 Å². The highest BCUT2D eigenvalue weighted by atomic mass is 16.1. The van der Waals surface area contributed by atoms with E-state index in [1.54, 1.807) is 0 Å². The number of rotatable bonds is 8. The topological polar surface area (TPSA) is 44.4 Å². The molecule has 0 bridgehead atoms. The molecule has 0 radical (unpaired) electrons. The van der Waals surface area contributed by atoms with Crippen LogP contribution in [0.3, 0.4) is 0 Å². The Morgan fingerprint density at radius 3 is 2.60 bits per heavy atom. The lowest BCUT2D eigenvalue weighted by atomic mass is 10.2. The lowest BCUT2D eigenvalue weighted by Crippen LogP contribution is -2.40. The molecule has 4 nitrogen and oxygen atoms in total. The van der Waals surface area contributed by atoms with Crippen molar-refractivity contribution in [3.8, 4) is 0 Å². The Bertz CT molecular complexity index is 171. The average molecular weight is 215 g/mol. The van der Waals surface area contributed by atoms with Crippen molar-refractivity contribution in [1.29, 1.82) is 0 Å². The van der Waals surface area contributed by atoms with E-state index in [0.29, 0.717) is 6.54 Å². The third kappa shape index (κ3) is 9.69. The Morgan fingerprint density at radius 1 is 1.40 bits per heavy atom. The highest BCUT2D eigenvalue weighted by molar-refractivity contribution is 5.78. The van der Waals surface area contributed by atoms with Gasteiger partial charge in [0.05, 0.1) is 6.54 Å². The molecule has 0 aromatic rings. The van der Waals surface area contributed by atoms with Crippen molar-refractivity contribution >= 4 is 5.91 Å². The van der Waals surface area contributed by atoms with Gasteiger partial charge in [-0.1, -0.05) is 13.3 Å². The first kappa shape index (κ1) is 14.4. The molecule has 0 aliphatic carbocycles. The maximum absolute atomic E-state index is 11.4. The molecule has 15 heavy (non-hydrogen) atoms. The molecule has 4 heteroatoms. The van der Waals surface area contributed by atoms with Gasteiger partial charge in [-0.25, -0.2) is 0 Å². The number of carbonyl (C=O) groups is 1. The molecule has 1 amide bonds. The molecule has 0 spiro atoms. The largest absolute Gasteiger partial charge is 0.353 e. The molecule has 0 saturated heterocycles.